The van der Waals surface area contributed by atoms with Crippen LogP contribution in [0.5, 0.6) is 5.75 Å². The largest absolute Gasteiger partial charge is 0.481 e. The second-order valence-corrected chi connectivity index (χ2v) is 4.65. The zero-order chi connectivity index (χ0) is 14.3. The summed E-state index contributed by atoms with van der Waals surface area (Å²) in [4.78, 5) is 13.8. The van der Waals surface area contributed by atoms with E-state index >= 15 is 0 Å². The van der Waals surface area contributed by atoms with Gasteiger partial charge in [0.15, 0.2) is 6.10 Å². The smallest absolute Gasteiger partial charge is 0.263 e. The van der Waals surface area contributed by atoms with Gasteiger partial charge in [-0.15, -0.1) is 0 Å². The molecule has 1 rings (SSSR count). The van der Waals surface area contributed by atoms with Crippen molar-refractivity contribution in [2.45, 2.75) is 26.4 Å². The van der Waals surface area contributed by atoms with Crippen molar-refractivity contribution in [1.82, 2.24) is 4.90 Å². The van der Waals surface area contributed by atoms with E-state index in [1.807, 2.05) is 6.92 Å². The van der Waals surface area contributed by atoms with Crippen LogP contribution in [-0.4, -0.2) is 41.7 Å². The lowest BCUT2D eigenvalue weighted by Gasteiger charge is -2.24. The summed E-state index contributed by atoms with van der Waals surface area (Å²) in [5.41, 5.74) is 0. The van der Waals surface area contributed by atoms with Crippen LogP contribution in [0.4, 0.5) is 0 Å². The molecule has 0 aliphatic carbocycles. The van der Waals surface area contributed by atoms with Crippen LogP contribution in [0.2, 0.25) is 5.02 Å². The van der Waals surface area contributed by atoms with E-state index < -0.39 is 6.10 Å². The molecule has 4 nitrogen and oxygen atoms in total. The fourth-order valence-corrected chi connectivity index (χ4v) is 1.92. The van der Waals surface area contributed by atoms with Gasteiger partial charge < -0.3 is 14.7 Å². The first-order valence-electron chi connectivity index (χ1n) is 6.40. The van der Waals surface area contributed by atoms with Crippen LogP contribution in [0.25, 0.3) is 0 Å². The maximum atomic E-state index is 12.2. The predicted octanol–water partition coefficient (Wildman–Crippen LogP) is 2.34. The van der Waals surface area contributed by atoms with E-state index in [0.29, 0.717) is 30.3 Å². The number of halogens is 1. The number of amides is 1. The second-order valence-electron chi connectivity index (χ2n) is 4.21. The molecule has 0 aliphatic heterocycles. The molecular formula is C14H20ClNO3. The summed E-state index contributed by atoms with van der Waals surface area (Å²) in [6.07, 6.45) is 0.000761. The number of carbonyl (C=O) groups is 1. The topological polar surface area (TPSA) is 49.8 Å². The van der Waals surface area contributed by atoms with Crippen molar-refractivity contribution in [2.24, 2.45) is 0 Å². The summed E-state index contributed by atoms with van der Waals surface area (Å²) in [5, 5.41) is 9.39. The van der Waals surface area contributed by atoms with Crippen LogP contribution in [0.1, 0.15) is 20.3 Å². The van der Waals surface area contributed by atoms with Crippen molar-refractivity contribution < 1.29 is 14.6 Å². The minimum atomic E-state index is -0.572. The van der Waals surface area contributed by atoms with Crippen molar-refractivity contribution in [3.05, 3.63) is 29.3 Å². The number of ether oxygens (including phenoxy) is 1. The van der Waals surface area contributed by atoms with Gasteiger partial charge in [0, 0.05) is 24.7 Å². The molecule has 106 valence electrons. The average Bonchev–Trinajstić information content (AvgIpc) is 2.39. The van der Waals surface area contributed by atoms with Crippen LogP contribution in [0.3, 0.4) is 0 Å². The van der Waals surface area contributed by atoms with Crippen LogP contribution in [0, 0.1) is 0 Å². The summed E-state index contributed by atoms with van der Waals surface area (Å²) in [6.45, 7) is 4.83. The van der Waals surface area contributed by atoms with E-state index in [1.54, 1.807) is 36.1 Å². The molecule has 19 heavy (non-hydrogen) atoms. The number of rotatable bonds is 7. The van der Waals surface area contributed by atoms with E-state index in [0.717, 1.165) is 0 Å². The highest BCUT2D eigenvalue weighted by Crippen LogP contribution is 2.18. The molecule has 5 heteroatoms. The lowest BCUT2D eigenvalue weighted by molar-refractivity contribution is -0.137. The summed E-state index contributed by atoms with van der Waals surface area (Å²) >= 11 is 5.86. The zero-order valence-corrected chi connectivity index (χ0v) is 12.1. The number of likely N-dealkylation sites (N-methyl/N-ethyl adjacent to an activating group) is 1. The number of aliphatic hydroxyl groups is 1. The maximum absolute atomic E-state index is 12.2. The Morgan fingerprint density at radius 3 is 2.84 bits per heavy atom. The molecule has 1 aromatic rings. The van der Waals surface area contributed by atoms with Crippen LogP contribution < -0.4 is 4.74 Å². The molecule has 1 aromatic carbocycles. The summed E-state index contributed by atoms with van der Waals surface area (Å²) in [6, 6.07) is 6.97. The summed E-state index contributed by atoms with van der Waals surface area (Å²) in [7, 11) is 0. The lowest BCUT2D eigenvalue weighted by atomic mass is 10.3. The second kappa shape index (κ2) is 8.02. The number of carbonyl (C=O) groups excluding carboxylic acids is 1. The Hall–Kier alpha value is -1.26. The Kier molecular flexibility index (Phi) is 6.67. The van der Waals surface area contributed by atoms with Crippen molar-refractivity contribution in [3.63, 3.8) is 0 Å². The minimum absolute atomic E-state index is 0.0767. The fraction of sp³-hybridized carbons (Fsp3) is 0.500. The fourth-order valence-electron chi connectivity index (χ4n) is 1.74. The molecule has 0 radical (unpaired) electrons. The van der Waals surface area contributed by atoms with Gasteiger partial charge in [-0.25, -0.2) is 0 Å². The number of hydrogen-bond donors (Lipinski definition) is 1. The molecule has 0 aliphatic rings. The molecule has 0 saturated heterocycles. The summed E-state index contributed by atoms with van der Waals surface area (Å²) in [5.74, 6) is 0.488. The van der Waals surface area contributed by atoms with Crippen molar-refractivity contribution in [1.29, 1.82) is 0 Å². The molecule has 0 heterocycles. The molecule has 1 amide bonds. The molecule has 0 spiro atoms. The highest BCUT2D eigenvalue weighted by atomic mass is 35.5. The van der Waals surface area contributed by atoms with Gasteiger partial charge in [-0.2, -0.15) is 0 Å². The van der Waals surface area contributed by atoms with E-state index in [2.05, 4.69) is 0 Å². The third kappa shape index (κ3) is 5.09. The third-order valence-electron chi connectivity index (χ3n) is 2.74. The van der Waals surface area contributed by atoms with Gasteiger partial charge in [0.25, 0.3) is 5.91 Å². The molecule has 0 bridgehead atoms. The molecule has 1 N–H and O–H groups in total. The Balaban J connectivity index is 2.60. The maximum Gasteiger partial charge on any atom is 0.263 e. The Labute approximate surface area is 118 Å². The van der Waals surface area contributed by atoms with E-state index in [-0.39, 0.29) is 12.5 Å². The lowest BCUT2D eigenvalue weighted by Crippen LogP contribution is -2.41. The van der Waals surface area contributed by atoms with Crippen molar-refractivity contribution >= 4 is 17.5 Å². The third-order valence-corrected chi connectivity index (χ3v) is 2.97. The van der Waals surface area contributed by atoms with Crippen LogP contribution in [0.15, 0.2) is 24.3 Å². The first-order chi connectivity index (χ1) is 9.08. The van der Waals surface area contributed by atoms with E-state index in [4.69, 9.17) is 21.4 Å². The Bertz CT molecular complexity index is 411. The van der Waals surface area contributed by atoms with Gasteiger partial charge in [-0.05, 0) is 38.5 Å². The van der Waals surface area contributed by atoms with E-state index in [9.17, 15) is 4.79 Å². The first kappa shape index (κ1) is 15.8. The van der Waals surface area contributed by atoms with Gasteiger partial charge in [0.1, 0.15) is 5.75 Å². The molecule has 0 aromatic heterocycles. The Morgan fingerprint density at radius 2 is 2.26 bits per heavy atom. The van der Waals surface area contributed by atoms with Gasteiger partial charge in [-0.1, -0.05) is 17.7 Å². The first-order valence-corrected chi connectivity index (χ1v) is 6.78. The number of nitrogens with zero attached hydrogens (tertiary/aromatic N) is 1. The number of hydrogen-bond acceptors (Lipinski definition) is 3. The van der Waals surface area contributed by atoms with Crippen LogP contribution >= 0.6 is 11.6 Å². The SMILES string of the molecule is CCN(CCCO)C(=O)C(C)Oc1cccc(Cl)c1. The van der Waals surface area contributed by atoms with Gasteiger partial charge in [0.2, 0.25) is 0 Å². The van der Waals surface area contributed by atoms with Gasteiger partial charge in [0.05, 0.1) is 0 Å². The molecule has 0 fully saturated rings. The van der Waals surface area contributed by atoms with Crippen molar-refractivity contribution in [2.75, 3.05) is 19.7 Å². The molecule has 1 atom stereocenters. The van der Waals surface area contributed by atoms with E-state index in [1.165, 1.54) is 0 Å². The van der Waals surface area contributed by atoms with Crippen LogP contribution in [-0.2, 0) is 4.79 Å². The number of benzene rings is 1. The zero-order valence-electron chi connectivity index (χ0n) is 11.3. The quantitative estimate of drug-likeness (QED) is 0.836. The predicted molar refractivity (Wildman–Crippen MR) is 75.5 cm³/mol. The average molecular weight is 286 g/mol. The minimum Gasteiger partial charge on any atom is -0.481 e. The molecule has 0 saturated carbocycles. The number of aliphatic hydroxyl groups excluding tert-OH is 1. The standard InChI is InChI=1S/C14H20ClNO3/c1-3-16(8-5-9-17)14(18)11(2)19-13-7-4-6-12(15)10-13/h4,6-7,10-11,17H,3,5,8-9H2,1-2H3. The summed E-state index contributed by atoms with van der Waals surface area (Å²) < 4.78 is 5.58. The molecular weight excluding hydrogens is 266 g/mol. The highest BCUT2D eigenvalue weighted by molar-refractivity contribution is 6.30. The molecule has 1 unspecified atom stereocenters. The highest BCUT2D eigenvalue weighted by Gasteiger charge is 2.20. The van der Waals surface area contributed by atoms with Crippen molar-refractivity contribution in [3.8, 4) is 5.75 Å². The monoisotopic (exact) mass is 285 g/mol. The van der Waals surface area contributed by atoms with Gasteiger partial charge in [-0.3, -0.25) is 4.79 Å². The normalized spacial score (nSPS) is 12.0. The van der Waals surface area contributed by atoms with Gasteiger partial charge >= 0.3 is 0 Å². The Morgan fingerprint density at radius 1 is 1.53 bits per heavy atom.